The van der Waals surface area contributed by atoms with Crippen molar-refractivity contribution in [1.29, 1.82) is 0 Å². The molecule has 0 spiro atoms. The van der Waals surface area contributed by atoms with E-state index in [9.17, 15) is 18.0 Å². The van der Waals surface area contributed by atoms with Crippen molar-refractivity contribution in [2.75, 3.05) is 30.3 Å². The van der Waals surface area contributed by atoms with Crippen LogP contribution in [0.25, 0.3) is 0 Å². The number of anilines is 2. The van der Waals surface area contributed by atoms with Gasteiger partial charge in [-0.1, -0.05) is 12.1 Å². The van der Waals surface area contributed by atoms with E-state index in [1.165, 1.54) is 18.2 Å². The summed E-state index contributed by atoms with van der Waals surface area (Å²) in [5.74, 6) is 0.0861. The molecule has 2 amide bonds. The molecule has 1 unspecified atom stereocenters. The molecule has 1 saturated heterocycles. The van der Waals surface area contributed by atoms with Crippen LogP contribution in [0.15, 0.2) is 47.4 Å². The smallest absolute Gasteiger partial charge is 0.238 e. The van der Waals surface area contributed by atoms with Crippen LogP contribution in [0.1, 0.15) is 25.0 Å². The highest BCUT2D eigenvalue weighted by atomic mass is 32.2. The zero-order valence-corrected chi connectivity index (χ0v) is 18.2. The molecule has 0 saturated carbocycles. The fourth-order valence-electron chi connectivity index (χ4n) is 3.55. The number of hydrogen-bond donors (Lipinski definition) is 3. The Morgan fingerprint density at radius 2 is 1.97 bits per heavy atom. The third-order valence-electron chi connectivity index (χ3n) is 5.12. The van der Waals surface area contributed by atoms with Crippen LogP contribution in [0.4, 0.5) is 11.5 Å². The molecule has 0 radical (unpaired) electrons. The summed E-state index contributed by atoms with van der Waals surface area (Å²) in [7, 11) is -3.83. The molecule has 1 aliphatic heterocycles. The van der Waals surface area contributed by atoms with Crippen molar-refractivity contribution >= 4 is 33.3 Å². The average Bonchev–Trinajstić information content (AvgIpc) is 2.72. The van der Waals surface area contributed by atoms with Gasteiger partial charge in [-0.05, 0) is 56.6 Å². The van der Waals surface area contributed by atoms with Crippen LogP contribution in [0.5, 0.6) is 0 Å². The fourth-order valence-corrected chi connectivity index (χ4v) is 4.11. The molecule has 31 heavy (non-hydrogen) atoms. The van der Waals surface area contributed by atoms with Crippen LogP contribution in [0.3, 0.4) is 0 Å². The second kappa shape index (κ2) is 9.99. The number of primary sulfonamides is 1. The van der Waals surface area contributed by atoms with Crippen molar-refractivity contribution in [3.8, 4) is 0 Å². The van der Waals surface area contributed by atoms with E-state index in [1.807, 2.05) is 19.1 Å². The molecular formula is C21H27N5O4S. The number of likely N-dealkylation sites (tertiary alicyclic amines) is 1. The molecule has 3 rings (SSSR count). The Kier molecular flexibility index (Phi) is 7.37. The van der Waals surface area contributed by atoms with E-state index in [-0.39, 0.29) is 29.0 Å². The summed E-state index contributed by atoms with van der Waals surface area (Å²) in [6.07, 6.45) is 1.89. The number of carbonyl (C=O) groups excluding carboxylic acids is 2. The number of pyridine rings is 1. The second-order valence-electron chi connectivity index (χ2n) is 7.66. The highest BCUT2D eigenvalue weighted by molar-refractivity contribution is 7.89. The number of hydrogen-bond acceptors (Lipinski definition) is 6. The highest BCUT2D eigenvalue weighted by Crippen LogP contribution is 2.19. The van der Waals surface area contributed by atoms with Crippen LogP contribution >= 0.6 is 0 Å². The number of aromatic nitrogens is 1. The van der Waals surface area contributed by atoms with Gasteiger partial charge in [0.25, 0.3) is 0 Å². The fraction of sp³-hybridized carbons (Fsp3) is 0.381. The average molecular weight is 446 g/mol. The predicted octanol–water partition coefficient (Wildman–Crippen LogP) is 1.72. The van der Waals surface area contributed by atoms with Gasteiger partial charge in [0, 0.05) is 30.9 Å². The number of rotatable bonds is 7. The number of piperidine rings is 1. The Morgan fingerprint density at radius 1 is 1.19 bits per heavy atom. The molecule has 2 heterocycles. The largest absolute Gasteiger partial charge is 0.326 e. The van der Waals surface area contributed by atoms with Gasteiger partial charge >= 0.3 is 0 Å². The Labute approximate surface area is 182 Å². The zero-order valence-electron chi connectivity index (χ0n) is 17.4. The SMILES string of the molecule is Cc1cccc(NC(=O)C2CCCN(CCC(=O)Nc3cccc(S(N)(=O)=O)c3)C2)n1. The predicted molar refractivity (Wildman–Crippen MR) is 118 cm³/mol. The van der Waals surface area contributed by atoms with E-state index in [4.69, 9.17) is 5.14 Å². The minimum atomic E-state index is -3.83. The molecule has 166 valence electrons. The number of sulfonamides is 1. The van der Waals surface area contributed by atoms with Gasteiger partial charge in [-0.15, -0.1) is 0 Å². The second-order valence-corrected chi connectivity index (χ2v) is 9.23. The molecule has 4 N–H and O–H groups in total. The molecule has 0 aliphatic carbocycles. The topological polar surface area (TPSA) is 134 Å². The van der Waals surface area contributed by atoms with E-state index in [0.29, 0.717) is 24.6 Å². The standard InChI is InChI=1S/C21H27N5O4S/c1-15-5-2-9-19(23-15)25-21(28)16-6-4-11-26(14-16)12-10-20(27)24-17-7-3-8-18(13-17)31(22,29)30/h2-3,5,7-9,13,16H,4,6,10-12,14H2,1H3,(H,24,27)(H2,22,29,30)(H,23,25,28). The molecule has 0 bridgehead atoms. The van der Waals surface area contributed by atoms with Crippen molar-refractivity contribution < 1.29 is 18.0 Å². The molecule has 2 aromatic rings. The van der Waals surface area contributed by atoms with Crippen molar-refractivity contribution in [3.63, 3.8) is 0 Å². The molecule has 1 aromatic carbocycles. The third kappa shape index (κ3) is 6.84. The van der Waals surface area contributed by atoms with Crippen molar-refractivity contribution in [3.05, 3.63) is 48.2 Å². The lowest BCUT2D eigenvalue weighted by Crippen LogP contribution is -2.41. The Hall–Kier alpha value is -2.82. The first-order valence-electron chi connectivity index (χ1n) is 10.1. The first kappa shape index (κ1) is 22.9. The summed E-state index contributed by atoms with van der Waals surface area (Å²) in [5, 5.41) is 10.7. The number of benzene rings is 1. The number of aryl methyl sites for hydroxylation is 1. The van der Waals surface area contributed by atoms with Crippen LogP contribution in [-0.4, -0.2) is 49.8 Å². The van der Waals surface area contributed by atoms with E-state index in [2.05, 4.69) is 20.5 Å². The maximum absolute atomic E-state index is 12.6. The summed E-state index contributed by atoms with van der Waals surface area (Å²) in [6.45, 7) is 3.77. The normalized spacial score (nSPS) is 17.2. The van der Waals surface area contributed by atoms with Crippen LogP contribution in [0, 0.1) is 12.8 Å². The molecule has 10 heteroatoms. The minimum absolute atomic E-state index is 0.0571. The number of amides is 2. The number of nitrogens with two attached hydrogens (primary N) is 1. The highest BCUT2D eigenvalue weighted by Gasteiger charge is 2.26. The third-order valence-corrected chi connectivity index (χ3v) is 6.03. The molecule has 9 nitrogen and oxygen atoms in total. The number of nitrogens with one attached hydrogen (secondary N) is 2. The van der Waals surface area contributed by atoms with E-state index in [0.717, 1.165) is 25.1 Å². The maximum Gasteiger partial charge on any atom is 0.238 e. The number of nitrogens with zero attached hydrogens (tertiary/aromatic N) is 2. The molecular weight excluding hydrogens is 418 g/mol. The van der Waals surface area contributed by atoms with Crippen LogP contribution in [0.2, 0.25) is 0 Å². The van der Waals surface area contributed by atoms with Gasteiger partial charge in [-0.2, -0.15) is 0 Å². The van der Waals surface area contributed by atoms with E-state index >= 15 is 0 Å². The van der Waals surface area contributed by atoms with Crippen molar-refractivity contribution in [2.24, 2.45) is 11.1 Å². The monoisotopic (exact) mass is 445 g/mol. The summed E-state index contributed by atoms with van der Waals surface area (Å²) < 4.78 is 22.9. The van der Waals surface area contributed by atoms with Gasteiger partial charge in [0.1, 0.15) is 5.82 Å². The van der Waals surface area contributed by atoms with Crippen molar-refractivity contribution in [2.45, 2.75) is 31.1 Å². The summed E-state index contributed by atoms with van der Waals surface area (Å²) >= 11 is 0. The summed E-state index contributed by atoms with van der Waals surface area (Å²) in [4.78, 5) is 31.2. The molecule has 1 atom stereocenters. The van der Waals surface area contributed by atoms with Gasteiger partial charge in [0.05, 0.1) is 10.8 Å². The van der Waals surface area contributed by atoms with Gasteiger partial charge in [-0.25, -0.2) is 18.5 Å². The Balaban J connectivity index is 1.49. The molecule has 1 aromatic heterocycles. The Morgan fingerprint density at radius 3 is 2.71 bits per heavy atom. The quantitative estimate of drug-likeness (QED) is 0.594. The number of carbonyl (C=O) groups is 2. The first-order chi connectivity index (χ1) is 14.7. The summed E-state index contributed by atoms with van der Waals surface area (Å²) in [5.41, 5.74) is 1.21. The lowest BCUT2D eigenvalue weighted by atomic mass is 9.97. The van der Waals surface area contributed by atoms with Crippen LogP contribution < -0.4 is 15.8 Å². The van der Waals surface area contributed by atoms with Gasteiger partial charge in [0.2, 0.25) is 21.8 Å². The minimum Gasteiger partial charge on any atom is -0.326 e. The lowest BCUT2D eigenvalue weighted by molar-refractivity contribution is -0.121. The van der Waals surface area contributed by atoms with Gasteiger partial charge in [-0.3, -0.25) is 9.59 Å². The molecule has 1 fully saturated rings. The summed E-state index contributed by atoms with van der Waals surface area (Å²) in [6, 6.07) is 11.3. The van der Waals surface area contributed by atoms with Gasteiger partial charge < -0.3 is 15.5 Å². The first-order valence-corrected chi connectivity index (χ1v) is 11.6. The van der Waals surface area contributed by atoms with Gasteiger partial charge in [0.15, 0.2) is 0 Å². The maximum atomic E-state index is 12.6. The molecule has 1 aliphatic rings. The van der Waals surface area contributed by atoms with Crippen molar-refractivity contribution in [1.82, 2.24) is 9.88 Å². The zero-order chi connectivity index (χ0) is 22.4. The Bertz CT molecular complexity index is 1060. The lowest BCUT2D eigenvalue weighted by Gasteiger charge is -2.31. The van der Waals surface area contributed by atoms with E-state index in [1.54, 1.807) is 12.1 Å². The van der Waals surface area contributed by atoms with Crippen LogP contribution in [-0.2, 0) is 19.6 Å². The van der Waals surface area contributed by atoms with E-state index < -0.39 is 10.0 Å².